The van der Waals surface area contributed by atoms with E-state index in [-0.39, 0.29) is 11.3 Å². The van der Waals surface area contributed by atoms with Crippen molar-refractivity contribution < 1.29 is 14.7 Å². The summed E-state index contributed by atoms with van der Waals surface area (Å²) in [6.45, 7) is 4.01. The molecule has 1 heterocycles. The maximum atomic E-state index is 12.2. The maximum Gasteiger partial charge on any atom is 0.335 e. The van der Waals surface area contributed by atoms with E-state index in [9.17, 15) is 14.7 Å². The van der Waals surface area contributed by atoms with Crippen LogP contribution in [0, 0.1) is 0 Å². The van der Waals surface area contributed by atoms with Gasteiger partial charge in [-0.2, -0.15) is 0 Å². The lowest BCUT2D eigenvalue weighted by atomic mass is 10.0. The largest absolute Gasteiger partial charge is 0.478 e. The Morgan fingerprint density at radius 2 is 1.88 bits per heavy atom. The standard InChI is InChI=1S/C20H18ClNO3/c1-3-17-19(12(2)23)15-9-8-13(20(24)25)10-18(15)22(17)11-14-6-4-5-7-16(14)21/h4-10H,3,11H2,1-2H3,(H,24,25). The van der Waals surface area contributed by atoms with Crippen LogP contribution in [-0.2, 0) is 13.0 Å². The average molecular weight is 356 g/mol. The molecule has 2 aromatic carbocycles. The molecule has 25 heavy (non-hydrogen) atoms. The number of hydrogen-bond acceptors (Lipinski definition) is 2. The number of aromatic carboxylic acids is 1. The second-order valence-corrected chi connectivity index (χ2v) is 6.35. The molecule has 4 nitrogen and oxygen atoms in total. The van der Waals surface area contributed by atoms with Gasteiger partial charge in [0.25, 0.3) is 0 Å². The van der Waals surface area contributed by atoms with Gasteiger partial charge in [-0.1, -0.05) is 42.8 Å². The van der Waals surface area contributed by atoms with Gasteiger partial charge < -0.3 is 9.67 Å². The smallest absolute Gasteiger partial charge is 0.335 e. The minimum Gasteiger partial charge on any atom is -0.478 e. The summed E-state index contributed by atoms with van der Waals surface area (Å²) >= 11 is 6.30. The molecule has 0 aliphatic rings. The van der Waals surface area contributed by atoms with Gasteiger partial charge >= 0.3 is 5.97 Å². The number of Topliss-reactive ketones (excluding diaryl/α,β-unsaturated/α-hetero) is 1. The molecule has 128 valence electrons. The molecule has 0 atom stereocenters. The second kappa shape index (κ2) is 6.73. The van der Waals surface area contributed by atoms with E-state index in [1.54, 1.807) is 19.1 Å². The van der Waals surface area contributed by atoms with Gasteiger partial charge in [0.2, 0.25) is 0 Å². The zero-order valence-electron chi connectivity index (χ0n) is 14.0. The Morgan fingerprint density at radius 1 is 1.16 bits per heavy atom. The number of carboxylic acids is 1. The number of benzene rings is 2. The first-order chi connectivity index (χ1) is 11.9. The molecule has 5 heteroatoms. The molecule has 3 aromatic rings. The summed E-state index contributed by atoms with van der Waals surface area (Å²) in [6.07, 6.45) is 0.663. The van der Waals surface area contributed by atoms with Crippen LogP contribution in [0.1, 0.15) is 45.8 Å². The quantitative estimate of drug-likeness (QED) is 0.668. The van der Waals surface area contributed by atoms with E-state index < -0.39 is 5.97 Å². The number of aromatic nitrogens is 1. The summed E-state index contributed by atoms with van der Waals surface area (Å²) in [4.78, 5) is 23.6. The third kappa shape index (κ3) is 3.05. The van der Waals surface area contributed by atoms with Crippen molar-refractivity contribution in [2.45, 2.75) is 26.8 Å². The normalized spacial score (nSPS) is 11.0. The topological polar surface area (TPSA) is 59.3 Å². The van der Waals surface area contributed by atoms with E-state index in [0.717, 1.165) is 22.2 Å². The molecule has 1 N–H and O–H groups in total. The Hall–Kier alpha value is -2.59. The Kier molecular flexibility index (Phi) is 4.64. The molecule has 0 bridgehead atoms. The summed E-state index contributed by atoms with van der Waals surface area (Å²) in [5.74, 6) is -1.02. The van der Waals surface area contributed by atoms with E-state index in [1.807, 2.05) is 35.8 Å². The molecule has 0 aliphatic heterocycles. The highest BCUT2D eigenvalue weighted by Gasteiger charge is 2.20. The molecule has 0 fully saturated rings. The second-order valence-electron chi connectivity index (χ2n) is 5.95. The minimum atomic E-state index is -0.991. The van der Waals surface area contributed by atoms with Crippen LogP contribution in [0.3, 0.4) is 0 Å². The first-order valence-electron chi connectivity index (χ1n) is 8.06. The van der Waals surface area contributed by atoms with Gasteiger partial charge in [0.1, 0.15) is 0 Å². The van der Waals surface area contributed by atoms with Gasteiger partial charge in [-0.25, -0.2) is 4.79 Å². The average Bonchev–Trinajstić information content (AvgIpc) is 2.89. The van der Waals surface area contributed by atoms with Crippen LogP contribution < -0.4 is 0 Å². The van der Waals surface area contributed by atoms with Gasteiger partial charge in [-0.15, -0.1) is 0 Å². The molecular weight excluding hydrogens is 338 g/mol. The summed E-state index contributed by atoms with van der Waals surface area (Å²) in [5.41, 5.74) is 3.41. The molecule has 0 saturated heterocycles. The number of ketones is 1. The Morgan fingerprint density at radius 3 is 2.48 bits per heavy atom. The molecule has 0 radical (unpaired) electrons. The molecule has 1 aromatic heterocycles. The molecule has 3 rings (SSSR count). The number of hydrogen-bond donors (Lipinski definition) is 1. The van der Waals surface area contributed by atoms with Gasteiger partial charge in [0, 0.05) is 28.2 Å². The van der Waals surface area contributed by atoms with Crippen LogP contribution in [0.25, 0.3) is 10.9 Å². The Balaban J connectivity index is 2.30. The number of carbonyl (C=O) groups is 2. The van der Waals surface area contributed by atoms with E-state index in [0.29, 0.717) is 23.6 Å². The highest BCUT2D eigenvalue weighted by molar-refractivity contribution is 6.31. The molecule has 0 unspecified atom stereocenters. The molecule has 0 spiro atoms. The van der Waals surface area contributed by atoms with Crippen LogP contribution >= 0.6 is 11.6 Å². The van der Waals surface area contributed by atoms with Crippen LogP contribution in [0.15, 0.2) is 42.5 Å². The van der Waals surface area contributed by atoms with Gasteiger partial charge in [-0.3, -0.25) is 4.79 Å². The van der Waals surface area contributed by atoms with Crippen molar-refractivity contribution in [1.82, 2.24) is 4.57 Å². The lowest BCUT2D eigenvalue weighted by Gasteiger charge is -2.12. The highest BCUT2D eigenvalue weighted by atomic mass is 35.5. The van der Waals surface area contributed by atoms with Gasteiger partial charge in [0.05, 0.1) is 11.1 Å². The van der Waals surface area contributed by atoms with Crippen molar-refractivity contribution in [3.8, 4) is 0 Å². The van der Waals surface area contributed by atoms with E-state index in [1.165, 1.54) is 6.07 Å². The van der Waals surface area contributed by atoms with Crippen molar-refractivity contribution >= 4 is 34.3 Å². The number of fused-ring (bicyclic) bond motifs is 1. The third-order valence-electron chi connectivity index (χ3n) is 4.39. The summed E-state index contributed by atoms with van der Waals surface area (Å²) < 4.78 is 2.00. The summed E-state index contributed by atoms with van der Waals surface area (Å²) in [5, 5.41) is 10.7. The molecule has 0 saturated carbocycles. The molecule has 0 amide bonds. The van der Waals surface area contributed by atoms with Crippen LogP contribution in [0.2, 0.25) is 5.02 Å². The first kappa shape index (κ1) is 17.2. The van der Waals surface area contributed by atoms with Crippen molar-refractivity contribution in [3.05, 3.63) is 69.9 Å². The number of carboxylic acid groups (broad SMARTS) is 1. The minimum absolute atomic E-state index is 0.0252. The van der Waals surface area contributed by atoms with Crippen molar-refractivity contribution in [2.75, 3.05) is 0 Å². The Labute approximate surface area is 150 Å². The predicted octanol–water partition coefficient (Wildman–Crippen LogP) is 4.81. The fraction of sp³-hybridized carbons (Fsp3) is 0.200. The van der Waals surface area contributed by atoms with Gasteiger partial charge in [-0.05, 0) is 37.1 Å². The van der Waals surface area contributed by atoms with Crippen molar-refractivity contribution in [2.24, 2.45) is 0 Å². The van der Waals surface area contributed by atoms with Crippen LogP contribution in [0.5, 0.6) is 0 Å². The van der Waals surface area contributed by atoms with Crippen LogP contribution in [-0.4, -0.2) is 21.4 Å². The summed E-state index contributed by atoms with van der Waals surface area (Å²) in [7, 11) is 0. The molecule has 0 aliphatic carbocycles. The molecular formula is C20H18ClNO3. The van der Waals surface area contributed by atoms with Gasteiger partial charge in [0.15, 0.2) is 5.78 Å². The zero-order valence-corrected chi connectivity index (χ0v) is 14.8. The van der Waals surface area contributed by atoms with E-state index in [2.05, 4.69) is 0 Å². The van der Waals surface area contributed by atoms with Crippen molar-refractivity contribution in [1.29, 1.82) is 0 Å². The number of nitrogens with zero attached hydrogens (tertiary/aromatic N) is 1. The third-order valence-corrected chi connectivity index (χ3v) is 4.76. The number of rotatable bonds is 5. The predicted molar refractivity (Wildman–Crippen MR) is 98.8 cm³/mol. The maximum absolute atomic E-state index is 12.2. The Bertz CT molecular complexity index is 988. The number of carbonyl (C=O) groups excluding carboxylic acids is 1. The lowest BCUT2D eigenvalue weighted by Crippen LogP contribution is -2.07. The fourth-order valence-corrected chi connectivity index (χ4v) is 3.47. The number of halogens is 1. The van der Waals surface area contributed by atoms with E-state index >= 15 is 0 Å². The summed E-state index contributed by atoms with van der Waals surface area (Å²) in [6, 6.07) is 12.4. The zero-order chi connectivity index (χ0) is 18.1. The monoisotopic (exact) mass is 355 g/mol. The fourth-order valence-electron chi connectivity index (χ4n) is 3.27. The van der Waals surface area contributed by atoms with Crippen molar-refractivity contribution in [3.63, 3.8) is 0 Å². The first-order valence-corrected chi connectivity index (χ1v) is 8.44. The lowest BCUT2D eigenvalue weighted by molar-refractivity contribution is 0.0697. The van der Waals surface area contributed by atoms with Crippen LogP contribution in [0.4, 0.5) is 0 Å². The SMILES string of the molecule is CCc1c(C(C)=O)c2ccc(C(=O)O)cc2n1Cc1ccccc1Cl. The highest BCUT2D eigenvalue weighted by Crippen LogP contribution is 2.30. The van der Waals surface area contributed by atoms with E-state index in [4.69, 9.17) is 11.6 Å².